The molecule has 4 nitrogen and oxygen atoms in total. The molecule has 0 bridgehead atoms. The molecule has 1 aliphatic rings. The van der Waals surface area contributed by atoms with Gasteiger partial charge in [-0.05, 0) is 57.1 Å². The van der Waals surface area contributed by atoms with Crippen molar-refractivity contribution in [2.75, 3.05) is 32.7 Å². The van der Waals surface area contributed by atoms with Crippen LogP contribution < -0.4 is 5.32 Å². The number of hydrogen-bond acceptors (Lipinski definition) is 3. The molecule has 5 heteroatoms. The van der Waals surface area contributed by atoms with Crippen LogP contribution in [-0.4, -0.2) is 48.6 Å². The number of thiophene rings is 1. The number of amides is 2. The summed E-state index contributed by atoms with van der Waals surface area (Å²) in [5.41, 5.74) is 0. The van der Waals surface area contributed by atoms with Crippen LogP contribution in [-0.2, 0) is 6.54 Å². The quantitative estimate of drug-likeness (QED) is 0.877. The Kier molecular flexibility index (Phi) is 6.51. The van der Waals surface area contributed by atoms with Gasteiger partial charge in [-0.2, -0.15) is 0 Å². The Labute approximate surface area is 132 Å². The summed E-state index contributed by atoms with van der Waals surface area (Å²) in [6.45, 7) is 9.78. The minimum absolute atomic E-state index is 0.0843. The minimum Gasteiger partial charge on any atom is -0.338 e. The fraction of sp³-hybridized carbons (Fsp3) is 0.688. The molecule has 1 aromatic rings. The van der Waals surface area contributed by atoms with Gasteiger partial charge in [0.2, 0.25) is 0 Å². The lowest BCUT2D eigenvalue weighted by Gasteiger charge is -2.32. The molecule has 0 saturated carbocycles. The molecule has 2 rings (SSSR count). The van der Waals surface area contributed by atoms with Crippen molar-refractivity contribution in [1.29, 1.82) is 0 Å². The molecule has 0 atom stereocenters. The van der Waals surface area contributed by atoms with Crippen LogP contribution in [0.1, 0.15) is 31.6 Å². The fourth-order valence-electron chi connectivity index (χ4n) is 2.83. The molecule has 118 valence electrons. The monoisotopic (exact) mass is 309 g/mol. The van der Waals surface area contributed by atoms with Crippen molar-refractivity contribution in [3.05, 3.63) is 22.4 Å². The zero-order valence-electron chi connectivity index (χ0n) is 13.2. The lowest BCUT2D eigenvalue weighted by molar-refractivity contribution is 0.170. The standard InChI is InChI=1S/C16H27N3OS/c1-3-19(4-2)16(20)17-12-14-7-9-18(10-8-14)13-15-6-5-11-21-15/h5-6,11,14H,3-4,7-10,12-13H2,1-2H3,(H,17,20). The number of carbonyl (C=O) groups excluding carboxylic acids is 1. The van der Waals surface area contributed by atoms with E-state index in [2.05, 4.69) is 27.7 Å². The van der Waals surface area contributed by atoms with E-state index in [9.17, 15) is 4.79 Å². The van der Waals surface area contributed by atoms with Gasteiger partial charge in [-0.3, -0.25) is 4.90 Å². The first-order valence-corrected chi connectivity index (χ1v) is 8.88. The van der Waals surface area contributed by atoms with E-state index in [1.165, 1.54) is 17.7 Å². The van der Waals surface area contributed by atoms with Crippen molar-refractivity contribution < 1.29 is 4.79 Å². The lowest BCUT2D eigenvalue weighted by atomic mass is 9.97. The van der Waals surface area contributed by atoms with E-state index in [1.807, 2.05) is 30.1 Å². The van der Waals surface area contributed by atoms with E-state index >= 15 is 0 Å². The van der Waals surface area contributed by atoms with Gasteiger partial charge in [-0.1, -0.05) is 6.07 Å². The topological polar surface area (TPSA) is 35.6 Å². The maximum atomic E-state index is 11.9. The van der Waals surface area contributed by atoms with Crippen LogP contribution in [0.25, 0.3) is 0 Å². The average molecular weight is 309 g/mol. The van der Waals surface area contributed by atoms with Crippen LogP contribution in [0, 0.1) is 5.92 Å². The number of piperidine rings is 1. The molecule has 0 spiro atoms. The molecule has 21 heavy (non-hydrogen) atoms. The second kappa shape index (κ2) is 8.39. The van der Waals surface area contributed by atoms with Crippen LogP contribution in [0.3, 0.4) is 0 Å². The number of rotatable bonds is 6. The lowest BCUT2D eigenvalue weighted by Crippen LogP contribution is -2.43. The number of likely N-dealkylation sites (tertiary alicyclic amines) is 1. The SMILES string of the molecule is CCN(CC)C(=O)NCC1CCN(Cc2cccs2)CC1. The Bertz CT molecular complexity index is 409. The van der Waals surface area contributed by atoms with Crippen molar-refractivity contribution >= 4 is 17.4 Å². The number of nitrogens with one attached hydrogen (secondary N) is 1. The van der Waals surface area contributed by atoms with E-state index in [0.29, 0.717) is 5.92 Å². The van der Waals surface area contributed by atoms with Crippen LogP contribution in [0.5, 0.6) is 0 Å². The highest BCUT2D eigenvalue weighted by molar-refractivity contribution is 7.09. The predicted molar refractivity (Wildman–Crippen MR) is 88.6 cm³/mol. The van der Waals surface area contributed by atoms with Crippen LogP contribution in [0.15, 0.2) is 17.5 Å². The predicted octanol–water partition coefficient (Wildman–Crippen LogP) is 3.01. The first-order chi connectivity index (χ1) is 10.2. The van der Waals surface area contributed by atoms with E-state index < -0.39 is 0 Å². The van der Waals surface area contributed by atoms with E-state index in [1.54, 1.807) is 0 Å². The third-order valence-corrected chi connectivity index (χ3v) is 5.12. The van der Waals surface area contributed by atoms with Crippen LogP contribution in [0.2, 0.25) is 0 Å². The molecular formula is C16H27N3OS. The second-order valence-electron chi connectivity index (χ2n) is 5.66. The average Bonchev–Trinajstić information content (AvgIpc) is 3.01. The van der Waals surface area contributed by atoms with Gasteiger partial charge < -0.3 is 10.2 Å². The normalized spacial score (nSPS) is 16.9. The van der Waals surface area contributed by atoms with Gasteiger partial charge in [-0.15, -0.1) is 11.3 Å². The van der Waals surface area contributed by atoms with Crippen molar-refractivity contribution in [3.8, 4) is 0 Å². The largest absolute Gasteiger partial charge is 0.338 e. The van der Waals surface area contributed by atoms with Gasteiger partial charge in [0.15, 0.2) is 0 Å². The first-order valence-electron chi connectivity index (χ1n) is 8.00. The van der Waals surface area contributed by atoms with E-state index in [-0.39, 0.29) is 6.03 Å². The van der Waals surface area contributed by atoms with Gasteiger partial charge in [0.1, 0.15) is 0 Å². The zero-order chi connectivity index (χ0) is 15.1. The van der Waals surface area contributed by atoms with Crippen molar-refractivity contribution in [2.45, 2.75) is 33.2 Å². The summed E-state index contributed by atoms with van der Waals surface area (Å²) < 4.78 is 0. The Morgan fingerprint density at radius 2 is 2.10 bits per heavy atom. The van der Waals surface area contributed by atoms with E-state index in [0.717, 1.165) is 39.3 Å². The number of carbonyl (C=O) groups is 1. The first kappa shape index (κ1) is 16.3. The molecule has 1 aliphatic heterocycles. The summed E-state index contributed by atoms with van der Waals surface area (Å²) >= 11 is 1.84. The highest BCUT2D eigenvalue weighted by atomic mass is 32.1. The smallest absolute Gasteiger partial charge is 0.317 e. The van der Waals surface area contributed by atoms with Gasteiger partial charge in [0.25, 0.3) is 0 Å². The Morgan fingerprint density at radius 1 is 1.38 bits per heavy atom. The van der Waals surface area contributed by atoms with Crippen molar-refractivity contribution in [3.63, 3.8) is 0 Å². The number of urea groups is 1. The van der Waals surface area contributed by atoms with Gasteiger partial charge in [0.05, 0.1) is 0 Å². The van der Waals surface area contributed by atoms with Crippen molar-refractivity contribution in [2.24, 2.45) is 5.92 Å². The van der Waals surface area contributed by atoms with Crippen molar-refractivity contribution in [1.82, 2.24) is 15.1 Å². The highest BCUT2D eigenvalue weighted by Crippen LogP contribution is 2.20. The molecule has 1 fully saturated rings. The molecule has 2 heterocycles. The summed E-state index contributed by atoms with van der Waals surface area (Å²) in [5.74, 6) is 0.629. The third kappa shape index (κ3) is 5.00. The summed E-state index contributed by atoms with van der Waals surface area (Å²) in [6.07, 6.45) is 2.37. The van der Waals surface area contributed by atoms with Crippen LogP contribution >= 0.6 is 11.3 Å². The Hall–Kier alpha value is -1.07. The molecule has 0 aromatic carbocycles. The number of nitrogens with zero attached hydrogens (tertiary/aromatic N) is 2. The zero-order valence-corrected chi connectivity index (χ0v) is 14.0. The van der Waals surface area contributed by atoms with Gasteiger partial charge in [-0.25, -0.2) is 4.79 Å². The maximum Gasteiger partial charge on any atom is 0.317 e. The molecule has 0 aliphatic carbocycles. The van der Waals surface area contributed by atoms with E-state index in [4.69, 9.17) is 0 Å². The Morgan fingerprint density at radius 3 is 2.67 bits per heavy atom. The second-order valence-corrected chi connectivity index (χ2v) is 6.69. The molecule has 1 aromatic heterocycles. The maximum absolute atomic E-state index is 11.9. The summed E-state index contributed by atoms with van der Waals surface area (Å²) in [6, 6.07) is 4.41. The van der Waals surface area contributed by atoms with Crippen LogP contribution in [0.4, 0.5) is 4.79 Å². The molecule has 1 N–H and O–H groups in total. The van der Waals surface area contributed by atoms with Gasteiger partial charge in [0, 0.05) is 31.1 Å². The third-order valence-electron chi connectivity index (χ3n) is 4.26. The molecule has 2 amide bonds. The summed E-state index contributed by atoms with van der Waals surface area (Å²) in [4.78, 5) is 17.7. The summed E-state index contributed by atoms with van der Waals surface area (Å²) in [5, 5.41) is 5.23. The van der Waals surface area contributed by atoms with Gasteiger partial charge >= 0.3 is 6.03 Å². The minimum atomic E-state index is 0.0843. The number of hydrogen-bond donors (Lipinski definition) is 1. The molecule has 0 radical (unpaired) electrons. The molecule has 1 saturated heterocycles. The highest BCUT2D eigenvalue weighted by Gasteiger charge is 2.20. The summed E-state index contributed by atoms with van der Waals surface area (Å²) in [7, 11) is 0. The fourth-order valence-corrected chi connectivity index (χ4v) is 3.57. The molecule has 0 unspecified atom stereocenters. The molecular weight excluding hydrogens is 282 g/mol. The Balaban J connectivity index is 1.66.